The lowest BCUT2D eigenvalue weighted by Gasteiger charge is -2.35. The third-order valence-electron chi connectivity index (χ3n) is 6.62. The van der Waals surface area contributed by atoms with Crippen LogP contribution in [0.5, 0.6) is 0 Å². The summed E-state index contributed by atoms with van der Waals surface area (Å²) in [5.74, 6) is 0.324. The van der Waals surface area contributed by atoms with Crippen molar-refractivity contribution < 1.29 is 5.11 Å². The minimum Gasteiger partial charge on any atom is -0.385 e. The zero-order valence-electron chi connectivity index (χ0n) is 16.2. The zero-order chi connectivity index (χ0) is 19.3. The van der Waals surface area contributed by atoms with Crippen LogP contribution in [0.1, 0.15) is 48.4 Å². The maximum absolute atomic E-state index is 11.7. The first kappa shape index (κ1) is 18.2. The van der Waals surface area contributed by atoms with Gasteiger partial charge in [0.15, 0.2) is 0 Å². The molecule has 3 aromatic rings. The summed E-state index contributed by atoms with van der Waals surface area (Å²) in [6.45, 7) is 2.90. The topological polar surface area (TPSA) is 41.3 Å². The Bertz CT molecular complexity index is 1020. The van der Waals surface area contributed by atoms with Crippen LogP contribution in [0.3, 0.4) is 0 Å². The van der Waals surface area contributed by atoms with Gasteiger partial charge < -0.3 is 14.6 Å². The van der Waals surface area contributed by atoms with Gasteiger partial charge >= 0.3 is 0 Å². The predicted molar refractivity (Wildman–Crippen MR) is 113 cm³/mol. The van der Waals surface area contributed by atoms with E-state index in [1.165, 1.54) is 22.2 Å². The zero-order valence-corrected chi connectivity index (χ0v) is 17.0. The van der Waals surface area contributed by atoms with Crippen molar-refractivity contribution in [2.45, 2.75) is 50.3 Å². The molecule has 1 N–H and O–H groups in total. The molecule has 0 fully saturated rings. The van der Waals surface area contributed by atoms with E-state index in [2.05, 4.69) is 33.6 Å². The lowest BCUT2D eigenvalue weighted by atomic mass is 9.78. The van der Waals surface area contributed by atoms with Crippen LogP contribution >= 0.6 is 11.6 Å². The Morgan fingerprint density at radius 2 is 2.00 bits per heavy atom. The summed E-state index contributed by atoms with van der Waals surface area (Å²) in [5, 5.41) is 13.8. The van der Waals surface area contributed by atoms with Gasteiger partial charge in [-0.2, -0.15) is 0 Å². The molecule has 2 aromatic heterocycles. The first-order chi connectivity index (χ1) is 13.5. The van der Waals surface area contributed by atoms with Gasteiger partial charge in [0.05, 0.1) is 5.60 Å². The number of nitrogens with zero attached hydrogens (tertiary/aromatic N) is 3. The molecule has 2 aliphatic heterocycles. The Balaban J connectivity index is 1.68. The van der Waals surface area contributed by atoms with E-state index in [0.29, 0.717) is 5.92 Å². The number of hydrogen-bond donors (Lipinski definition) is 1. The SMILES string of the molecule is CN1CCC2CC(O)(c3ccncc3)CCCn3c2c(c2cc(Cl)ccc23)C1. The molecule has 0 radical (unpaired) electrons. The highest BCUT2D eigenvalue weighted by Crippen LogP contribution is 2.45. The number of pyridine rings is 1. The van der Waals surface area contributed by atoms with Crippen molar-refractivity contribution in [1.29, 1.82) is 0 Å². The molecule has 0 spiro atoms. The third-order valence-corrected chi connectivity index (χ3v) is 6.86. The Hall–Kier alpha value is -1.88. The molecular weight excluding hydrogens is 370 g/mol. The maximum Gasteiger partial charge on any atom is 0.0904 e. The van der Waals surface area contributed by atoms with Crippen LogP contribution < -0.4 is 0 Å². The van der Waals surface area contributed by atoms with Crippen LogP contribution in [0.2, 0.25) is 5.02 Å². The van der Waals surface area contributed by atoms with Gasteiger partial charge in [-0.05, 0) is 80.7 Å². The molecular formula is C23H26ClN3O. The predicted octanol–water partition coefficient (Wildman–Crippen LogP) is 4.68. The van der Waals surface area contributed by atoms with E-state index < -0.39 is 5.60 Å². The average molecular weight is 396 g/mol. The van der Waals surface area contributed by atoms with Crippen molar-refractivity contribution in [2.75, 3.05) is 13.6 Å². The number of rotatable bonds is 1. The number of halogens is 1. The minimum atomic E-state index is -0.798. The van der Waals surface area contributed by atoms with E-state index in [1.807, 2.05) is 18.2 Å². The van der Waals surface area contributed by atoms with Gasteiger partial charge in [-0.3, -0.25) is 4.98 Å². The standard InChI is InChI=1S/C23H26ClN3O/c1-26-12-7-16-14-23(28,17-5-9-25-10-6-17)8-2-11-27-21-4-3-18(24)13-19(21)20(15-26)22(16)27/h3-6,9-10,13,16,28H,2,7-8,11-12,14-15H2,1H3. The highest BCUT2D eigenvalue weighted by molar-refractivity contribution is 6.31. The average Bonchev–Trinajstić information content (AvgIpc) is 2.86. The van der Waals surface area contributed by atoms with Crippen molar-refractivity contribution in [3.05, 3.63) is 64.6 Å². The number of hydrogen-bond acceptors (Lipinski definition) is 3. The van der Waals surface area contributed by atoms with Crippen molar-refractivity contribution in [3.63, 3.8) is 0 Å². The molecule has 1 aromatic carbocycles. The van der Waals surface area contributed by atoms with Crippen molar-refractivity contribution in [3.8, 4) is 0 Å². The fourth-order valence-electron chi connectivity index (χ4n) is 5.31. The summed E-state index contributed by atoms with van der Waals surface area (Å²) in [6, 6.07) is 10.2. The molecule has 146 valence electrons. The highest BCUT2D eigenvalue weighted by atomic mass is 35.5. The minimum absolute atomic E-state index is 0.324. The van der Waals surface area contributed by atoms with Gasteiger partial charge in [0, 0.05) is 53.0 Å². The fourth-order valence-corrected chi connectivity index (χ4v) is 5.49. The van der Waals surface area contributed by atoms with Gasteiger partial charge in [-0.25, -0.2) is 0 Å². The van der Waals surface area contributed by atoms with Crippen molar-refractivity contribution >= 4 is 22.5 Å². The smallest absolute Gasteiger partial charge is 0.0904 e. The molecule has 0 bridgehead atoms. The molecule has 5 rings (SSSR count). The van der Waals surface area contributed by atoms with Crippen LogP contribution in [0.25, 0.3) is 10.9 Å². The van der Waals surface area contributed by atoms with Crippen molar-refractivity contribution in [2.24, 2.45) is 0 Å². The monoisotopic (exact) mass is 395 g/mol. The number of benzene rings is 1. The van der Waals surface area contributed by atoms with E-state index in [1.54, 1.807) is 12.4 Å². The third kappa shape index (κ3) is 2.95. The molecule has 0 saturated carbocycles. The highest BCUT2D eigenvalue weighted by Gasteiger charge is 2.38. The molecule has 4 nitrogen and oxygen atoms in total. The van der Waals surface area contributed by atoms with Crippen LogP contribution in [-0.2, 0) is 18.7 Å². The molecule has 0 amide bonds. The van der Waals surface area contributed by atoms with E-state index in [4.69, 9.17) is 11.6 Å². The van der Waals surface area contributed by atoms with Gasteiger partial charge in [-0.15, -0.1) is 0 Å². The second-order valence-electron chi connectivity index (χ2n) is 8.48. The van der Waals surface area contributed by atoms with E-state index in [0.717, 1.165) is 55.9 Å². The van der Waals surface area contributed by atoms with Gasteiger partial charge in [-0.1, -0.05) is 11.6 Å². The first-order valence-electron chi connectivity index (χ1n) is 10.2. The van der Waals surface area contributed by atoms with Crippen molar-refractivity contribution in [1.82, 2.24) is 14.5 Å². The van der Waals surface area contributed by atoms with Crippen LogP contribution in [0, 0.1) is 0 Å². The van der Waals surface area contributed by atoms with Gasteiger partial charge in [0.1, 0.15) is 0 Å². The quantitative estimate of drug-likeness (QED) is 0.650. The summed E-state index contributed by atoms with van der Waals surface area (Å²) in [4.78, 5) is 6.54. The molecule has 0 aliphatic carbocycles. The second-order valence-corrected chi connectivity index (χ2v) is 8.91. The number of aromatic nitrogens is 2. The summed E-state index contributed by atoms with van der Waals surface area (Å²) >= 11 is 6.36. The Morgan fingerprint density at radius 1 is 1.18 bits per heavy atom. The maximum atomic E-state index is 11.7. The molecule has 2 aliphatic rings. The molecule has 4 heterocycles. The number of aliphatic hydroxyl groups is 1. The van der Waals surface area contributed by atoms with Crippen LogP contribution in [-0.4, -0.2) is 33.1 Å². The molecule has 28 heavy (non-hydrogen) atoms. The Kier molecular flexibility index (Phi) is 4.46. The largest absolute Gasteiger partial charge is 0.385 e. The van der Waals surface area contributed by atoms with E-state index >= 15 is 0 Å². The van der Waals surface area contributed by atoms with Gasteiger partial charge in [0.2, 0.25) is 0 Å². The molecule has 5 heteroatoms. The molecule has 2 unspecified atom stereocenters. The molecule has 0 saturated heterocycles. The summed E-state index contributed by atoms with van der Waals surface area (Å²) in [6.07, 6.45) is 7.10. The summed E-state index contributed by atoms with van der Waals surface area (Å²) in [5.41, 5.74) is 4.28. The van der Waals surface area contributed by atoms with Crippen LogP contribution in [0.4, 0.5) is 0 Å². The first-order valence-corrected chi connectivity index (χ1v) is 10.5. The van der Waals surface area contributed by atoms with Gasteiger partial charge in [0.25, 0.3) is 0 Å². The number of fused-ring (bicyclic) bond motifs is 3. The van der Waals surface area contributed by atoms with Crippen LogP contribution in [0.15, 0.2) is 42.7 Å². The fraction of sp³-hybridized carbons (Fsp3) is 0.435. The lowest BCUT2D eigenvalue weighted by Crippen LogP contribution is -2.32. The molecule has 2 atom stereocenters. The second kappa shape index (κ2) is 6.87. The Morgan fingerprint density at radius 3 is 2.82 bits per heavy atom. The lowest BCUT2D eigenvalue weighted by molar-refractivity contribution is 0.00358. The number of aryl methyl sites for hydroxylation is 1. The Labute approximate surface area is 170 Å². The van der Waals surface area contributed by atoms with E-state index in [-0.39, 0.29) is 0 Å². The summed E-state index contributed by atoms with van der Waals surface area (Å²) < 4.78 is 2.51. The summed E-state index contributed by atoms with van der Waals surface area (Å²) in [7, 11) is 2.19. The van der Waals surface area contributed by atoms with E-state index in [9.17, 15) is 5.11 Å². The normalized spacial score (nSPS) is 25.8.